The molecule has 0 aliphatic rings. The van der Waals surface area contributed by atoms with E-state index in [1.54, 1.807) is 24.4 Å². The Morgan fingerprint density at radius 3 is 2.39 bits per heavy atom. The highest BCUT2D eigenvalue weighted by atomic mass is 35.5. The maximum absolute atomic E-state index is 11.9. The van der Waals surface area contributed by atoms with E-state index in [1.165, 1.54) is 6.07 Å². The Morgan fingerprint density at radius 1 is 1.11 bits per heavy atom. The van der Waals surface area contributed by atoms with E-state index in [-0.39, 0.29) is 5.43 Å². The average molecular weight is 282 g/mol. The predicted octanol–water partition coefficient (Wildman–Crippen LogP) is 3.83. The molecule has 0 aliphatic carbocycles. The van der Waals surface area contributed by atoms with E-state index in [9.17, 15) is 4.79 Å². The molecule has 2 aromatic rings. The summed E-state index contributed by atoms with van der Waals surface area (Å²) in [5.74, 6) is 0. The number of aryl methyl sites for hydroxylation is 1. The Kier molecular flexibility index (Phi) is 4.10. The Labute approximate surface area is 116 Å². The third kappa shape index (κ3) is 2.60. The molecule has 0 aliphatic heterocycles. The predicted molar refractivity (Wildman–Crippen MR) is 75.7 cm³/mol. The summed E-state index contributed by atoms with van der Waals surface area (Å²) in [6.07, 6.45) is 2.89. The number of pyridine rings is 1. The summed E-state index contributed by atoms with van der Waals surface area (Å²) in [7, 11) is 0. The average Bonchev–Trinajstić information content (AvgIpc) is 2.35. The highest BCUT2D eigenvalue weighted by molar-refractivity contribution is 6.36. The van der Waals surface area contributed by atoms with Gasteiger partial charge in [0.15, 0.2) is 5.43 Å². The van der Waals surface area contributed by atoms with Gasteiger partial charge in [-0.1, -0.05) is 36.2 Å². The van der Waals surface area contributed by atoms with Gasteiger partial charge in [0.25, 0.3) is 0 Å². The van der Waals surface area contributed by atoms with Crippen LogP contribution in [-0.4, -0.2) is 4.98 Å². The SMILES string of the molecule is CCc1[nH]ccc(=O)c1Cc1c(Cl)cccc1Cl. The molecule has 1 N–H and O–H groups in total. The number of H-pyrrole nitrogens is 1. The van der Waals surface area contributed by atoms with Gasteiger partial charge in [-0.15, -0.1) is 0 Å². The van der Waals surface area contributed by atoms with Crippen LogP contribution in [0.1, 0.15) is 23.7 Å². The molecular formula is C14H13Cl2NO. The number of benzene rings is 1. The number of rotatable bonds is 3. The van der Waals surface area contributed by atoms with Crippen LogP contribution in [0.3, 0.4) is 0 Å². The van der Waals surface area contributed by atoms with Crippen LogP contribution in [0.5, 0.6) is 0 Å². The van der Waals surface area contributed by atoms with Gasteiger partial charge in [0, 0.05) is 40.0 Å². The molecule has 0 amide bonds. The van der Waals surface area contributed by atoms with Gasteiger partial charge < -0.3 is 4.98 Å². The van der Waals surface area contributed by atoms with Crippen LogP contribution in [0.15, 0.2) is 35.3 Å². The van der Waals surface area contributed by atoms with Gasteiger partial charge in [0.2, 0.25) is 0 Å². The molecule has 0 atom stereocenters. The first-order valence-corrected chi connectivity index (χ1v) is 6.51. The summed E-state index contributed by atoms with van der Waals surface area (Å²) in [5.41, 5.74) is 2.47. The second-order valence-electron chi connectivity index (χ2n) is 4.03. The third-order valence-electron chi connectivity index (χ3n) is 2.92. The van der Waals surface area contributed by atoms with Crippen LogP contribution in [0, 0.1) is 0 Å². The van der Waals surface area contributed by atoms with Crippen molar-refractivity contribution in [1.82, 2.24) is 4.98 Å². The normalized spacial score (nSPS) is 10.6. The maximum atomic E-state index is 11.9. The third-order valence-corrected chi connectivity index (χ3v) is 3.63. The zero-order chi connectivity index (χ0) is 13.1. The van der Waals surface area contributed by atoms with E-state index in [4.69, 9.17) is 23.2 Å². The van der Waals surface area contributed by atoms with Crippen molar-refractivity contribution < 1.29 is 0 Å². The number of hydrogen-bond donors (Lipinski definition) is 1. The van der Waals surface area contributed by atoms with Crippen molar-refractivity contribution in [2.75, 3.05) is 0 Å². The van der Waals surface area contributed by atoms with Gasteiger partial charge in [0.05, 0.1) is 0 Å². The molecule has 0 saturated carbocycles. The van der Waals surface area contributed by atoms with Crippen molar-refractivity contribution in [1.29, 1.82) is 0 Å². The Hall–Kier alpha value is -1.25. The molecule has 2 nitrogen and oxygen atoms in total. The van der Waals surface area contributed by atoms with Crippen LogP contribution in [0.4, 0.5) is 0 Å². The molecule has 1 aromatic heterocycles. The minimum Gasteiger partial charge on any atom is -0.365 e. The lowest BCUT2D eigenvalue weighted by Crippen LogP contribution is -2.13. The first-order valence-electron chi connectivity index (χ1n) is 5.75. The fourth-order valence-electron chi connectivity index (χ4n) is 1.94. The van der Waals surface area contributed by atoms with E-state index >= 15 is 0 Å². The molecule has 4 heteroatoms. The maximum Gasteiger partial charge on any atom is 0.185 e. The van der Waals surface area contributed by atoms with Crippen LogP contribution in [0.2, 0.25) is 10.0 Å². The van der Waals surface area contributed by atoms with Gasteiger partial charge in [-0.25, -0.2) is 0 Å². The quantitative estimate of drug-likeness (QED) is 0.911. The molecule has 18 heavy (non-hydrogen) atoms. The van der Waals surface area contributed by atoms with E-state index in [0.717, 1.165) is 23.2 Å². The van der Waals surface area contributed by atoms with E-state index in [2.05, 4.69) is 4.98 Å². The van der Waals surface area contributed by atoms with Crippen molar-refractivity contribution in [2.24, 2.45) is 0 Å². The lowest BCUT2D eigenvalue weighted by molar-refractivity contribution is 0.966. The van der Waals surface area contributed by atoms with E-state index in [1.807, 2.05) is 6.92 Å². The zero-order valence-corrected chi connectivity index (χ0v) is 11.5. The van der Waals surface area contributed by atoms with E-state index in [0.29, 0.717) is 16.5 Å². The number of nitrogens with one attached hydrogen (secondary N) is 1. The van der Waals surface area contributed by atoms with Crippen molar-refractivity contribution in [2.45, 2.75) is 19.8 Å². The van der Waals surface area contributed by atoms with Gasteiger partial charge in [0.1, 0.15) is 0 Å². The summed E-state index contributed by atoms with van der Waals surface area (Å²) in [5, 5.41) is 1.18. The van der Waals surface area contributed by atoms with Crippen molar-refractivity contribution in [3.63, 3.8) is 0 Å². The molecule has 0 radical (unpaired) electrons. The van der Waals surface area contributed by atoms with Crippen LogP contribution in [-0.2, 0) is 12.8 Å². The molecule has 0 fully saturated rings. The van der Waals surface area contributed by atoms with Crippen LogP contribution in [0.25, 0.3) is 0 Å². The zero-order valence-electron chi connectivity index (χ0n) is 9.97. The summed E-state index contributed by atoms with van der Waals surface area (Å²) in [6, 6.07) is 6.89. The molecule has 0 bridgehead atoms. The van der Waals surface area contributed by atoms with Gasteiger partial charge >= 0.3 is 0 Å². The number of aromatic nitrogens is 1. The highest BCUT2D eigenvalue weighted by Crippen LogP contribution is 2.26. The minimum absolute atomic E-state index is 0.0154. The highest BCUT2D eigenvalue weighted by Gasteiger charge is 2.11. The largest absolute Gasteiger partial charge is 0.365 e. The molecule has 1 heterocycles. The number of halogens is 2. The summed E-state index contributed by atoms with van der Waals surface area (Å²) in [4.78, 5) is 15.0. The van der Waals surface area contributed by atoms with Gasteiger partial charge in [-0.3, -0.25) is 4.79 Å². The van der Waals surface area contributed by atoms with Crippen molar-refractivity contribution >= 4 is 23.2 Å². The van der Waals surface area contributed by atoms with Crippen LogP contribution < -0.4 is 5.43 Å². The Balaban J connectivity index is 2.50. The summed E-state index contributed by atoms with van der Waals surface area (Å²) < 4.78 is 0. The Bertz CT molecular complexity index is 599. The topological polar surface area (TPSA) is 32.9 Å². The lowest BCUT2D eigenvalue weighted by atomic mass is 10.0. The minimum atomic E-state index is 0.0154. The second-order valence-corrected chi connectivity index (χ2v) is 4.84. The first-order chi connectivity index (χ1) is 8.63. The molecule has 94 valence electrons. The van der Waals surface area contributed by atoms with E-state index < -0.39 is 0 Å². The molecule has 0 spiro atoms. The molecule has 2 rings (SSSR count). The molecule has 0 saturated heterocycles. The van der Waals surface area contributed by atoms with Gasteiger partial charge in [-0.2, -0.15) is 0 Å². The molecule has 0 unspecified atom stereocenters. The standard InChI is InChI=1S/C14H13Cl2NO/c1-2-13-10(14(18)6-7-17-13)8-9-11(15)4-3-5-12(9)16/h3-7H,2,8H2,1H3,(H,17,18). The number of aromatic amines is 1. The first kappa shape index (κ1) is 13.2. The van der Waals surface area contributed by atoms with Gasteiger partial charge in [-0.05, 0) is 24.1 Å². The molecular weight excluding hydrogens is 269 g/mol. The van der Waals surface area contributed by atoms with Crippen molar-refractivity contribution in [3.05, 3.63) is 67.6 Å². The van der Waals surface area contributed by atoms with Crippen LogP contribution >= 0.6 is 23.2 Å². The molecule has 1 aromatic carbocycles. The summed E-state index contributed by atoms with van der Waals surface area (Å²) in [6.45, 7) is 2.00. The monoisotopic (exact) mass is 281 g/mol. The second kappa shape index (κ2) is 5.59. The lowest BCUT2D eigenvalue weighted by Gasteiger charge is -2.09. The number of hydrogen-bond acceptors (Lipinski definition) is 1. The van der Waals surface area contributed by atoms with Crippen molar-refractivity contribution in [3.8, 4) is 0 Å². The Morgan fingerprint density at radius 2 is 1.78 bits per heavy atom. The summed E-state index contributed by atoms with van der Waals surface area (Å²) >= 11 is 12.3. The fraction of sp³-hybridized carbons (Fsp3) is 0.214. The fourth-order valence-corrected chi connectivity index (χ4v) is 2.47. The smallest absolute Gasteiger partial charge is 0.185 e.